The molecule has 3 rings (SSSR count). The van der Waals surface area contributed by atoms with Crippen molar-refractivity contribution in [2.75, 3.05) is 25.7 Å². The smallest absolute Gasteiger partial charge is 0.184 e. The van der Waals surface area contributed by atoms with E-state index in [0.29, 0.717) is 0 Å². The molecule has 0 saturated carbocycles. The molecule has 0 amide bonds. The topological polar surface area (TPSA) is 33.7 Å². The van der Waals surface area contributed by atoms with Crippen LogP contribution in [0.1, 0.15) is 24.9 Å². The average molecular weight is 324 g/mol. The third-order valence-corrected chi connectivity index (χ3v) is 5.07. The van der Waals surface area contributed by atoms with Gasteiger partial charge in [-0.3, -0.25) is 0 Å². The number of ether oxygens (including phenoxy) is 2. The van der Waals surface area contributed by atoms with Crippen molar-refractivity contribution >= 4 is 29.1 Å². The first-order valence-corrected chi connectivity index (χ1v) is 8.81. The van der Waals surface area contributed by atoms with E-state index in [9.17, 15) is 0 Å². The first-order valence-electron chi connectivity index (χ1n) is 7.01. The van der Waals surface area contributed by atoms with Crippen LogP contribution in [0.15, 0.2) is 18.2 Å². The second kappa shape index (κ2) is 5.57. The highest BCUT2D eigenvalue weighted by molar-refractivity contribution is 7.98. The lowest BCUT2D eigenvalue weighted by molar-refractivity contribution is -0.0655. The molecule has 1 aromatic carbocycles. The molecule has 0 radical (unpaired) electrons. The first-order chi connectivity index (χ1) is 10.1. The van der Waals surface area contributed by atoms with Gasteiger partial charge in [0, 0.05) is 30.3 Å². The van der Waals surface area contributed by atoms with Crippen LogP contribution in [0.25, 0.3) is 0 Å². The Balaban J connectivity index is 1.95. The van der Waals surface area contributed by atoms with Crippen molar-refractivity contribution in [1.82, 2.24) is 10.2 Å². The van der Waals surface area contributed by atoms with E-state index in [2.05, 4.69) is 29.5 Å². The van der Waals surface area contributed by atoms with Crippen LogP contribution in [0.3, 0.4) is 0 Å². The summed E-state index contributed by atoms with van der Waals surface area (Å²) < 4.78 is 11.6. The number of rotatable bonds is 4. The summed E-state index contributed by atoms with van der Waals surface area (Å²) in [5.41, 5.74) is 0.766. The quantitative estimate of drug-likeness (QED) is 0.858. The van der Waals surface area contributed by atoms with Crippen molar-refractivity contribution in [3.8, 4) is 11.5 Å². The fourth-order valence-corrected chi connectivity index (χ4v) is 3.83. The number of nitrogens with one attached hydrogen (secondary N) is 1. The van der Waals surface area contributed by atoms with Gasteiger partial charge in [0.1, 0.15) is 11.5 Å². The van der Waals surface area contributed by atoms with Gasteiger partial charge in [-0.05, 0) is 37.5 Å². The van der Waals surface area contributed by atoms with E-state index in [-0.39, 0.29) is 11.8 Å². The molecule has 2 bridgehead atoms. The number of methoxy groups -OCH3 is 1. The fourth-order valence-electron chi connectivity index (χ4n) is 3.04. The maximum atomic E-state index is 6.32. The Kier molecular flexibility index (Phi) is 3.92. The molecule has 1 N–H and O–H groups in total. The summed E-state index contributed by atoms with van der Waals surface area (Å²) in [5, 5.41) is 4.23. The van der Waals surface area contributed by atoms with E-state index >= 15 is 0 Å². The molecule has 0 aliphatic carbocycles. The molecule has 2 aliphatic heterocycles. The molecule has 2 aliphatic rings. The number of hydrogen-bond acceptors (Lipinski definition) is 4. The molecule has 6 heteroatoms. The zero-order chi connectivity index (χ0) is 15.0. The van der Waals surface area contributed by atoms with Gasteiger partial charge in [0.05, 0.1) is 13.2 Å². The van der Waals surface area contributed by atoms with Crippen LogP contribution in [0, 0.1) is 0 Å². The summed E-state index contributed by atoms with van der Waals surface area (Å²) in [6.07, 6.45) is 2.99. The second-order valence-corrected chi connectivity index (χ2v) is 6.90. The standard InChI is InChI=1S/C15H20N2O2S2/c1-15-9-12(16-14(20)17(15)6-7-21-3)11-5-4-10(18-2)8-13(11)19-15/h4-5,8,12H,6-7,9H2,1-3H3,(H,16,20). The fraction of sp³-hybridized carbons (Fsp3) is 0.533. The minimum atomic E-state index is -0.387. The average Bonchev–Trinajstić information content (AvgIpc) is 2.45. The van der Waals surface area contributed by atoms with Gasteiger partial charge in [-0.25, -0.2) is 0 Å². The minimum absolute atomic E-state index is 0.211. The highest BCUT2D eigenvalue weighted by Gasteiger charge is 2.47. The van der Waals surface area contributed by atoms with Crippen molar-refractivity contribution in [3.05, 3.63) is 23.8 Å². The van der Waals surface area contributed by atoms with Crippen molar-refractivity contribution in [2.24, 2.45) is 0 Å². The van der Waals surface area contributed by atoms with Crippen LogP contribution < -0.4 is 14.8 Å². The lowest BCUT2D eigenvalue weighted by Gasteiger charge is -2.52. The van der Waals surface area contributed by atoms with E-state index in [1.54, 1.807) is 7.11 Å². The Morgan fingerprint density at radius 1 is 1.57 bits per heavy atom. The van der Waals surface area contributed by atoms with E-state index in [4.69, 9.17) is 21.7 Å². The van der Waals surface area contributed by atoms with E-state index in [1.165, 1.54) is 0 Å². The number of nitrogens with zero attached hydrogens (tertiary/aromatic N) is 1. The number of thioether (sulfide) groups is 1. The summed E-state index contributed by atoms with van der Waals surface area (Å²) in [6, 6.07) is 6.20. The molecule has 21 heavy (non-hydrogen) atoms. The molecular weight excluding hydrogens is 304 g/mol. The summed E-state index contributed by atoms with van der Waals surface area (Å²) in [4.78, 5) is 2.16. The molecule has 1 aromatic rings. The van der Waals surface area contributed by atoms with E-state index < -0.39 is 0 Å². The Morgan fingerprint density at radius 3 is 3.10 bits per heavy atom. The molecule has 2 heterocycles. The summed E-state index contributed by atoms with van der Waals surface area (Å²) in [6.45, 7) is 3.01. The van der Waals surface area contributed by atoms with E-state index in [0.717, 1.165) is 40.9 Å². The molecule has 2 atom stereocenters. The third kappa shape index (κ3) is 2.55. The maximum absolute atomic E-state index is 6.32. The highest BCUT2D eigenvalue weighted by atomic mass is 32.2. The lowest BCUT2D eigenvalue weighted by Crippen LogP contribution is -2.64. The number of benzene rings is 1. The van der Waals surface area contributed by atoms with Crippen LogP contribution in [-0.2, 0) is 0 Å². The second-order valence-electron chi connectivity index (χ2n) is 5.53. The van der Waals surface area contributed by atoms with Gasteiger partial charge in [-0.1, -0.05) is 0 Å². The monoisotopic (exact) mass is 324 g/mol. The van der Waals surface area contributed by atoms with Gasteiger partial charge in [0.25, 0.3) is 0 Å². The molecule has 0 aromatic heterocycles. The molecule has 4 nitrogen and oxygen atoms in total. The van der Waals surface area contributed by atoms with Crippen LogP contribution in [0.5, 0.6) is 11.5 Å². The Labute approximate surface area is 135 Å². The first kappa shape index (κ1) is 14.8. The van der Waals surface area contributed by atoms with Gasteiger partial charge in [-0.2, -0.15) is 11.8 Å². The number of thiocarbonyl (C=S) groups is 1. The van der Waals surface area contributed by atoms with Crippen LogP contribution in [0.4, 0.5) is 0 Å². The van der Waals surface area contributed by atoms with Gasteiger partial charge in [0.15, 0.2) is 10.8 Å². The zero-order valence-electron chi connectivity index (χ0n) is 12.5. The van der Waals surface area contributed by atoms with E-state index in [1.807, 2.05) is 23.9 Å². The Hall–Kier alpha value is -1.14. The SMILES string of the molecule is COc1ccc2c(c1)OC1(C)CC2NC(=S)N1CCSC. The number of fused-ring (bicyclic) bond motifs is 4. The molecule has 1 fully saturated rings. The van der Waals surface area contributed by atoms with Crippen LogP contribution in [-0.4, -0.2) is 41.4 Å². The van der Waals surface area contributed by atoms with Gasteiger partial charge in [0.2, 0.25) is 0 Å². The van der Waals surface area contributed by atoms with Gasteiger partial charge >= 0.3 is 0 Å². The summed E-state index contributed by atoms with van der Waals surface area (Å²) in [7, 11) is 1.67. The van der Waals surface area contributed by atoms with Crippen molar-refractivity contribution in [1.29, 1.82) is 0 Å². The third-order valence-electron chi connectivity index (χ3n) is 4.14. The summed E-state index contributed by atoms with van der Waals surface area (Å²) in [5.74, 6) is 2.73. The van der Waals surface area contributed by atoms with Crippen LogP contribution in [0.2, 0.25) is 0 Å². The predicted molar refractivity (Wildman–Crippen MR) is 90.2 cm³/mol. The number of hydrogen-bond donors (Lipinski definition) is 1. The highest BCUT2D eigenvalue weighted by Crippen LogP contribution is 2.45. The predicted octanol–water partition coefficient (Wildman–Crippen LogP) is 2.79. The molecule has 2 unspecified atom stereocenters. The molecule has 0 spiro atoms. The Bertz CT molecular complexity index is 567. The molecule has 1 saturated heterocycles. The van der Waals surface area contributed by atoms with Crippen molar-refractivity contribution in [3.63, 3.8) is 0 Å². The van der Waals surface area contributed by atoms with Crippen molar-refractivity contribution in [2.45, 2.75) is 25.1 Å². The van der Waals surface area contributed by atoms with Gasteiger partial charge in [-0.15, -0.1) is 0 Å². The van der Waals surface area contributed by atoms with Gasteiger partial charge < -0.3 is 19.7 Å². The Morgan fingerprint density at radius 2 is 2.38 bits per heavy atom. The van der Waals surface area contributed by atoms with Crippen LogP contribution >= 0.6 is 24.0 Å². The summed E-state index contributed by atoms with van der Waals surface area (Å²) >= 11 is 7.36. The van der Waals surface area contributed by atoms with Crippen molar-refractivity contribution < 1.29 is 9.47 Å². The zero-order valence-corrected chi connectivity index (χ0v) is 14.1. The molecule has 114 valence electrons. The minimum Gasteiger partial charge on any atom is -0.497 e. The lowest BCUT2D eigenvalue weighted by atomic mass is 9.90. The normalized spacial score (nSPS) is 26.7. The molecular formula is C15H20N2O2S2. The largest absolute Gasteiger partial charge is 0.497 e. The maximum Gasteiger partial charge on any atom is 0.184 e.